The lowest BCUT2D eigenvalue weighted by molar-refractivity contribution is -0.139. The summed E-state index contributed by atoms with van der Waals surface area (Å²) in [5.74, 6) is -0.709. The van der Waals surface area contributed by atoms with E-state index in [1.165, 1.54) is 0 Å². The minimum absolute atomic E-state index is 0.0243. The molecule has 26 heavy (non-hydrogen) atoms. The molecule has 0 saturated heterocycles. The molecule has 0 amide bonds. The largest absolute Gasteiger partial charge is 0.463 e. The van der Waals surface area contributed by atoms with Crippen molar-refractivity contribution in [3.63, 3.8) is 0 Å². The summed E-state index contributed by atoms with van der Waals surface area (Å²) in [6, 6.07) is 9.90. The Balaban J connectivity index is 2.48. The van der Waals surface area contributed by atoms with Crippen LogP contribution < -0.4 is 5.73 Å². The van der Waals surface area contributed by atoms with Gasteiger partial charge in [0, 0.05) is 9.64 Å². The lowest BCUT2D eigenvalue weighted by Crippen LogP contribution is -2.25. The highest BCUT2D eigenvalue weighted by molar-refractivity contribution is 8.00. The molecule has 1 aliphatic heterocycles. The highest BCUT2D eigenvalue weighted by Crippen LogP contribution is 2.40. The molecule has 0 fully saturated rings. The Kier molecular flexibility index (Phi) is 6.04. The van der Waals surface area contributed by atoms with Gasteiger partial charge in [0.15, 0.2) is 0 Å². The first kappa shape index (κ1) is 19.9. The zero-order valence-corrected chi connectivity index (χ0v) is 16.6. The van der Waals surface area contributed by atoms with Crippen LogP contribution in [-0.2, 0) is 14.3 Å². The third-order valence-electron chi connectivity index (χ3n) is 3.74. The van der Waals surface area contributed by atoms with E-state index in [-0.39, 0.29) is 22.8 Å². The van der Waals surface area contributed by atoms with E-state index in [2.05, 4.69) is 26.8 Å². The second kappa shape index (κ2) is 7.88. The number of nitrogens with zero attached hydrogens (tertiary/aromatic N) is 1. The number of nitriles is 1. The van der Waals surface area contributed by atoms with Gasteiger partial charge in [-0.1, -0.05) is 32.9 Å². The summed E-state index contributed by atoms with van der Waals surface area (Å²) in [4.78, 5) is 13.6. The van der Waals surface area contributed by atoms with Gasteiger partial charge in [0.25, 0.3) is 0 Å². The van der Waals surface area contributed by atoms with Crippen LogP contribution in [0.15, 0.2) is 51.9 Å². The normalized spacial score (nSPS) is 17.6. The maximum atomic E-state index is 12.5. The van der Waals surface area contributed by atoms with Crippen molar-refractivity contribution < 1.29 is 14.3 Å². The molecule has 5 nitrogen and oxygen atoms in total. The van der Waals surface area contributed by atoms with Crippen LogP contribution in [0.4, 0.5) is 0 Å². The maximum absolute atomic E-state index is 12.5. The molecule has 0 bridgehead atoms. The molecule has 0 aliphatic carbocycles. The van der Waals surface area contributed by atoms with E-state index in [1.54, 1.807) is 25.6 Å². The molecule has 1 aromatic rings. The highest BCUT2D eigenvalue weighted by atomic mass is 32.2. The predicted molar refractivity (Wildman–Crippen MR) is 102 cm³/mol. The SMILES string of the molecule is CCOC(=O)C1=C(C)OC(N)=C(C#N)C1c1ccc(SC(C)(C)C)cc1. The number of carbonyl (C=O) groups excluding carboxylic acids is 1. The Hall–Kier alpha value is -2.39. The average Bonchev–Trinajstić information content (AvgIpc) is 2.53. The van der Waals surface area contributed by atoms with E-state index in [0.29, 0.717) is 11.3 Å². The number of benzene rings is 1. The number of esters is 1. The van der Waals surface area contributed by atoms with Crippen LogP contribution in [0.3, 0.4) is 0 Å². The molecule has 2 rings (SSSR count). The number of ether oxygens (including phenoxy) is 2. The van der Waals surface area contributed by atoms with Crippen molar-refractivity contribution in [3.05, 3.63) is 52.6 Å². The van der Waals surface area contributed by atoms with Crippen molar-refractivity contribution in [3.8, 4) is 6.07 Å². The number of nitrogens with two attached hydrogens (primary N) is 1. The lowest BCUT2D eigenvalue weighted by Gasteiger charge is -2.27. The fourth-order valence-electron chi connectivity index (χ4n) is 2.77. The number of rotatable bonds is 4. The quantitative estimate of drug-likeness (QED) is 0.629. The number of hydrogen-bond donors (Lipinski definition) is 1. The Bertz CT molecular complexity index is 796. The molecule has 1 unspecified atom stereocenters. The van der Waals surface area contributed by atoms with Gasteiger partial charge in [-0.3, -0.25) is 0 Å². The van der Waals surface area contributed by atoms with Crippen LogP contribution >= 0.6 is 11.8 Å². The third kappa shape index (κ3) is 4.41. The molecule has 0 saturated carbocycles. The number of thioether (sulfide) groups is 1. The van der Waals surface area contributed by atoms with E-state index >= 15 is 0 Å². The zero-order valence-electron chi connectivity index (χ0n) is 15.8. The molecule has 0 radical (unpaired) electrons. The van der Waals surface area contributed by atoms with Crippen LogP contribution in [0.2, 0.25) is 0 Å². The van der Waals surface area contributed by atoms with Gasteiger partial charge in [0.05, 0.1) is 18.1 Å². The third-order valence-corrected chi connectivity index (χ3v) is 4.86. The Morgan fingerprint density at radius 3 is 2.46 bits per heavy atom. The van der Waals surface area contributed by atoms with Crippen LogP contribution in [0, 0.1) is 11.3 Å². The lowest BCUT2D eigenvalue weighted by atomic mass is 9.83. The van der Waals surface area contributed by atoms with E-state index in [9.17, 15) is 10.1 Å². The smallest absolute Gasteiger partial charge is 0.338 e. The highest BCUT2D eigenvalue weighted by Gasteiger charge is 2.36. The van der Waals surface area contributed by atoms with Crippen LogP contribution in [0.25, 0.3) is 0 Å². The summed E-state index contributed by atoms with van der Waals surface area (Å²) in [6.07, 6.45) is 0. The molecular formula is C20H24N2O3S. The fourth-order valence-corrected chi connectivity index (χ4v) is 3.75. The van der Waals surface area contributed by atoms with Crippen LogP contribution in [-0.4, -0.2) is 17.3 Å². The maximum Gasteiger partial charge on any atom is 0.338 e. The van der Waals surface area contributed by atoms with Crippen LogP contribution in [0.5, 0.6) is 0 Å². The summed E-state index contributed by atoms with van der Waals surface area (Å²) >= 11 is 1.75. The van der Waals surface area contributed by atoms with Crippen LogP contribution in [0.1, 0.15) is 46.1 Å². The Morgan fingerprint density at radius 2 is 1.96 bits per heavy atom. The van der Waals surface area contributed by atoms with Crippen molar-refractivity contribution >= 4 is 17.7 Å². The van der Waals surface area contributed by atoms with Gasteiger partial charge < -0.3 is 15.2 Å². The number of hydrogen-bond acceptors (Lipinski definition) is 6. The summed E-state index contributed by atoms with van der Waals surface area (Å²) in [6.45, 7) is 10.1. The van der Waals surface area contributed by atoms with E-state index in [0.717, 1.165) is 10.5 Å². The first-order chi connectivity index (χ1) is 12.2. The molecule has 138 valence electrons. The fraction of sp³-hybridized carbons (Fsp3) is 0.400. The number of carbonyl (C=O) groups is 1. The molecule has 1 heterocycles. The van der Waals surface area contributed by atoms with Gasteiger partial charge in [-0.2, -0.15) is 5.26 Å². The standard InChI is InChI=1S/C20H24N2O3S/c1-6-24-19(23)16-12(2)25-18(22)15(11-21)17(16)13-7-9-14(10-8-13)26-20(3,4)5/h7-10,17H,6,22H2,1-5H3. The van der Waals surface area contributed by atoms with Crippen molar-refractivity contribution in [2.75, 3.05) is 6.61 Å². The summed E-state index contributed by atoms with van der Waals surface area (Å²) < 4.78 is 10.7. The minimum Gasteiger partial charge on any atom is -0.463 e. The molecule has 2 N–H and O–H groups in total. The summed E-state index contributed by atoms with van der Waals surface area (Å²) in [5.41, 5.74) is 7.23. The van der Waals surface area contributed by atoms with Gasteiger partial charge in [0.1, 0.15) is 17.4 Å². The Morgan fingerprint density at radius 1 is 1.35 bits per heavy atom. The second-order valence-electron chi connectivity index (χ2n) is 6.90. The number of allylic oxidation sites excluding steroid dienone is 2. The van der Waals surface area contributed by atoms with Crippen molar-refractivity contribution in [2.45, 2.75) is 50.2 Å². The first-order valence-electron chi connectivity index (χ1n) is 8.42. The molecule has 1 aliphatic rings. The van der Waals surface area contributed by atoms with Gasteiger partial charge in [-0.15, -0.1) is 11.8 Å². The van der Waals surface area contributed by atoms with E-state index in [1.807, 2.05) is 24.3 Å². The predicted octanol–water partition coefficient (Wildman–Crippen LogP) is 4.22. The molecule has 0 aromatic heterocycles. The van der Waals surface area contributed by atoms with E-state index < -0.39 is 11.9 Å². The van der Waals surface area contributed by atoms with Gasteiger partial charge >= 0.3 is 5.97 Å². The van der Waals surface area contributed by atoms with Crippen molar-refractivity contribution in [2.24, 2.45) is 5.73 Å². The summed E-state index contributed by atoms with van der Waals surface area (Å²) in [5, 5.41) is 9.57. The molecule has 0 spiro atoms. The van der Waals surface area contributed by atoms with Crippen molar-refractivity contribution in [1.29, 1.82) is 5.26 Å². The van der Waals surface area contributed by atoms with E-state index in [4.69, 9.17) is 15.2 Å². The van der Waals surface area contributed by atoms with Gasteiger partial charge in [-0.05, 0) is 31.5 Å². The molecule has 1 atom stereocenters. The Labute approximate surface area is 158 Å². The molecule has 1 aromatic carbocycles. The summed E-state index contributed by atoms with van der Waals surface area (Å²) in [7, 11) is 0. The zero-order chi connectivity index (χ0) is 19.5. The van der Waals surface area contributed by atoms with Gasteiger partial charge in [0.2, 0.25) is 5.88 Å². The monoisotopic (exact) mass is 372 g/mol. The average molecular weight is 372 g/mol. The topological polar surface area (TPSA) is 85.3 Å². The van der Waals surface area contributed by atoms with Gasteiger partial charge in [-0.25, -0.2) is 4.79 Å². The van der Waals surface area contributed by atoms with Crippen molar-refractivity contribution in [1.82, 2.24) is 0 Å². The molecular weight excluding hydrogens is 348 g/mol. The second-order valence-corrected chi connectivity index (χ2v) is 8.80. The minimum atomic E-state index is -0.596. The molecule has 6 heteroatoms. The first-order valence-corrected chi connectivity index (χ1v) is 9.24.